The van der Waals surface area contributed by atoms with Gasteiger partial charge in [-0.1, -0.05) is 32.0 Å². The quantitative estimate of drug-likeness (QED) is 0.695. The number of benzene rings is 2. The highest BCUT2D eigenvalue weighted by Gasteiger charge is 2.28. The van der Waals surface area contributed by atoms with Gasteiger partial charge in [0.15, 0.2) is 0 Å². The smallest absolute Gasteiger partial charge is 0.255 e. The predicted molar refractivity (Wildman–Crippen MR) is 117 cm³/mol. The Bertz CT molecular complexity index is 1010. The first kappa shape index (κ1) is 22.3. The maximum absolute atomic E-state index is 13.0. The molecule has 0 aliphatic carbocycles. The molecule has 0 unspecified atom stereocenters. The van der Waals surface area contributed by atoms with Crippen LogP contribution in [0.2, 0.25) is 0 Å². The number of aryl methyl sites for hydroxylation is 2. The predicted octanol–water partition coefficient (Wildman–Crippen LogP) is 3.53. The minimum absolute atomic E-state index is 0.123. The first-order valence-electron chi connectivity index (χ1n) is 10.5. The van der Waals surface area contributed by atoms with Crippen molar-refractivity contribution >= 4 is 15.9 Å². The summed E-state index contributed by atoms with van der Waals surface area (Å²) in [5.74, 6) is 0.000160. The average Bonchev–Trinajstić information content (AvgIpc) is 3.32. The van der Waals surface area contributed by atoms with Gasteiger partial charge in [-0.15, -0.1) is 0 Å². The molecule has 0 atom stereocenters. The Morgan fingerprint density at radius 3 is 2.40 bits per heavy atom. The van der Waals surface area contributed by atoms with Crippen molar-refractivity contribution in [1.29, 1.82) is 0 Å². The molecule has 1 N–H and O–H groups in total. The highest BCUT2D eigenvalue weighted by molar-refractivity contribution is 7.89. The van der Waals surface area contributed by atoms with E-state index in [4.69, 9.17) is 4.74 Å². The summed E-state index contributed by atoms with van der Waals surface area (Å²) in [5.41, 5.74) is 3.70. The fourth-order valence-corrected chi connectivity index (χ4v) is 5.33. The van der Waals surface area contributed by atoms with Crippen LogP contribution in [-0.2, 0) is 29.4 Å². The van der Waals surface area contributed by atoms with Crippen LogP contribution in [0.4, 0.5) is 0 Å². The molecule has 1 aliphatic heterocycles. The van der Waals surface area contributed by atoms with Crippen molar-refractivity contribution in [2.45, 2.75) is 51.0 Å². The van der Waals surface area contributed by atoms with Gasteiger partial charge in [-0.2, -0.15) is 4.31 Å². The number of ether oxygens (including phenoxy) is 1. The summed E-state index contributed by atoms with van der Waals surface area (Å²) >= 11 is 0. The minimum Gasteiger partial charge on any atom is -0.496 e. The van der Waals surface area contributed by atoms with Gasteiger partial charge in [0.2, 0.25) is 10.0 Å². The molecule has 1 saturated heterocycles. The Kier molecular flexibility index (Phi) is 7.15. The highest BCUT2D eigenvalue weighted by atomic mass is 32.2. The van der Waals surface area contributed by atoms with Crippen LogP contribution in [0, 0.1) is 0 Å². The van der Waals surface area contributed by atoms with Gasteiger partial charge in [0.05, 0.1) is 17.6 Å². The SMILES string of the molecule is CCc1ccc(CC)c(CNC(=O)c2cc(S(=O)(=O)N3CCCC3)ccc2OC)c1. The average molecular weight is 431 g/mol. The van der Waals surface area contributed by atoms with Gasteiger partial charge in [0.25, 0.3) is 5.91 Å². The van der Waals surface area contributed by atoms with Crippen molar-refractivity contribution in [3.8, 4) is 5.75 Å². The minimum atomic E-state index is -3.61. The first-order valence-corrected chi connectivity index (χ1v) is 11.9. The van der Waals surface area contributed by atoms with Gasteiger partial charge in [-0.25, -0.2) is 8.42 Å². The molecule has 1 amide bonds. The lowest BCUT2D eigenvalue weighted by Gasteiger charge is -2.17. The van der Waals surface area contributed by atoms with Gasteiger partial charge in [0.1, 0.15) is 5.75 Å². The van der Waals surface area contributed by atoms with E-state index < -0.39 is 10.0 Å². The number of hydrogen-bond acceptors (Lipinski definition) is 4. The molecule has 1 heterocycles. The standard InChI is InChI=1S/C23H30N2O4S/c1-4-17-8-9-18(5-2)19(14-17)16-24-23(26)21-15-20(10-11-22(21)29-3)30(27,28)25-12-6-7-13-25/h8-11,14-15H,4-7,12-13,16H2,1-3H3,(H,24,26). The number of hydrogen-bond donors (Lipinski definition) is 1. The summed E-state index contributed by atoms with van der Waals surface area (Å²) in [4.78, 5) is 13.1. The molecule has 1 aliphatic rings. The van der Waals surface area contributed by atoms with Crippen LogP contribution in [0.25, 0.3) is 0 Å². The van der Waals surface area contributed by atoms with Crippen LogP contribution in [0.3, 0.4) is 0 Å². The number of rotatable bonds is 8. The fourth-order valence-electron chi connectivity index (χ4n) is 3.78. The molecule has 162 valence electrons. The van der Waals surface area contributed by atoms with Crippen LogP contribution in [0.5, 0.6) is 5.75 Å². The molecule has 0 aromatic heterocycles. The number of nitrogens with zero attached hydrogens (tertiary/aromatic N) is 1. The molecular formula is C23H30N2O4S. The number of methoxy groups -OCH3 is 1. The summed E-state index contributed by atoms with van der Waals surface area (Å²) in [7, 11) is -2.14. The van der Waals surface area contributed by atoms with Crippen molar-refractivity contribution in [3.63, 3.8) is 0 Å². The maximum atomic E-state index is 13.0. The van der Waals surface area contributed by atoms with E-state index in [0.29, 0.717) is 25.4 Å². The van der Waals surface area contributed by atoms with Crippen molar-refractivity contribution in [3.05, 3.63) is 58.7 Å². The third kappa shape index (κ3) is 4.68. The lowest BCUT2D eigenvalue weighted by atomic mass is 10.0. The number of carbonyl (C=O) groups is 1. The van der Waals surface area contributed by atoms with E-state index in [2.05, 4.69) is 37.4 Å². The number of amides is 1. The zero-order valence-electron chi connectivity index (χ0n) is 17.9. The second kappa shape index (κ2) is 9.62. The van der Waals surface area contributed by atoms with E-state index in [-0.39, 0.29) is 16.4 Å². The molecule has 0 radical (unpaired) electrons. The monoisotopic (exact) mass is 430 g/mol. The molecule has 6 nitrogen and oxygen atoms in total. The van der Waals surface area contributed by atoms with E-state index in [1.165, 1.54) is 34.7 Å². The Morgan fingerprint density at radius 1 is 1.03 bits per heavy atom. The fraction of sp³-hybridized carbons (Fsp3) is 0.435. The van der Waals surface area contributed by atoms with E-state index in [1.54, 1.807) is 6.07 Å². The molecule has 7 heteroatoms. The van der Waals surface area contributed by atoms with Gasteiger partial charge in [0, 0.05) is 19.6 Å². The van der Waals surface area contributed by atoms with Crippen LogP contribution in [0.15, 0.2) is 41.3 Å². The van der Waals surface area contributed by atoms with Crippen LogP contribution in [-0.4, -0.2) is 38.8 Å². The van der Waals surface area contributed by atoms with E-state index in [1.807, 2.05) is 0 Å². The molecule has 2 aromatic rings. The Balaban J connectivity index is 1.85. The summed E-state index contributed by atoms with van der Waals surface area (Å²) in [5, 5.41) is 2.94. The van der Waals surface area contributed by atoms with Crippen molar-refractivity contribution in [2.24, 2.45) is 0 Å². The normalized spacial score (nSPS) is 14.6. The molecule has 30 heavy (non-hydrogen) atoms. The Morgan fingerprint density at radius 2 is 1.77 bits per heavy atom. The van der Waals surface area contributed by atoms with Crippen molar-refractivity contribution in [2.75, 3.05) is 20.2 Å². The number of sulfonamides is 1. The molecule has 3 rings (SSSR count). The van der Waals surface area contributed by atoms with E-state index in [0.717, 1.165) is 31.2 Å². The van der Waals surface area contributed by atoms with Gasteiger partial charge in [-0.05, 0) is 60.6 Å². The Hall–Kier alpha value is -2.38. The summed E-state index contributed by atoms with van der Waals surface area (Å²) in [6.07, 6.45) is 3.52. The lowest BCUT2D eigenvalue weighted by Crippen LogP contribution is -2.29. The van der Waals surface area contributed by atoms with Gasteiger partial charge in [-0.3, -0.25) is 4.79 Å². The molecule has 0 bridgehead atoms. The molecular weight excluding hydrogens is 400 g/mol. The molecule has 0 spiro atoms. The summed E-state index contributed by atoms with van der Waals surface area (Å²) < 4.78 is 32.6. The third-order valence-electron chi connectivity index (χ3n) is 5.62. The zero-order chi connectivity index (χ0) is 21.7. The molecule has 2 aromatic carbocycles. The number of carbonyl (C=O) groups excluding carboxylic acids is 1. The Labute approximate surface area is 179 Å². The van der Waals surface area contributed by atoms with E-state index >= 15 is 0 Å². The summed E-state index contributed by atoms with van der Waals surface area (Å²) in [6, 6.07) is 10.8. The van der Waals surface area contributed by atoms with Crippen molar-refractivity contribution < 1.29 is 17.9 Å². The van der Waals surface area contributed by atoms with E-state index in [9.17, 15) is 13.2 Å². The van der Waals surface area contributed by atoms with Crippen LogP contribution < -0.4 is 10.1 Å². The maximum Gasteiger partial charge on any atom is 0.255 e. The lowest BCUT2D eigenvalue weighted by molar-refractivity contribution is 0.0947. The zero-order valence-corrected chi connectivity index (χ0v) is 18.7. The van der Waals surface area contributed by atoms with Crippen LogP contribution >= 0.6 is 0 Å². The largest absolute Gasteiger partial charge is 0.496 e. The molecule has 0 saturated carbocycles. The number of nitrogens with one attached hydrogen (secondary N) is 1. The second-order valence-corrected chi connectivity index (χ2v) is 9.40. The van der Waals surface area contributed by atoms with Crippen LogP contribution in [0.1, 0.15) is 53.7 Å². The summed E-state index contributed by atoms with van der Waals surface area (Å²) in [6.45, 7) is 5.59. The third-order valence-corrected chi connectivity index (χ3v) is 7.51. The first-order chi connectivity index (χ1) is 14.4. The second-order valence-electron chi connectivity index (χ2n) is 7.47. The van der Waals surface area contributed by atoms with Gasteiger partial charge >= 0.3 is 0 Å². The van der Waals surface area contributed by atoms with Crippen molar-refractivity contribution in [1.82, 2.24) is 9.62 Å². The molecule has 1 fully saturated rings. The topological polar surface area (TPSA) is 75.7 Å². The highest BCUT2D eigenvalue weighted by Crippen LogP contribution is 2.26. The van der Waals surface area contributed by atoms with Gasteiger partial charge < -0.3 is 10.1 Å².